The van der Waals surface area contributed by atoms with Gasteiger partial charge in [-0.15, -0.1) is 0 Å². The molecule has 20 heavy (non-hydrogen) atoms. The van der Waals surface area contributed by atoms with Crippen molar-refractivity contribution in [3.05, 3.63) is 0 Å². The van der Waals surface area contributed by atoms with Crippen molar-refractivity contribution >= 4 is 27.6 Å². The number of hydrogen-bond acceptors (Lipinski definition) is 4. The van der Waals surface area contributed by atoms with Gasteiger partial charge in [0.15, 0.2) is 15.8 Å². The maximum Gasteiger partial charge on any atom is 0.191 e. The van der Waals surface area contributed by atoms with Gasteiger partial charge in [0.05, 0.1) is 10.5 Å². The van der Waals surface area contributed by atoms with E-state index in [1.54, 1.807) is 27.8 Å². The third kappa shape index (κ3) is 7.99. The minimum Gasteiger partial charge on any atom is -0.356 e. The quantitative estimate of drug-likeness (QED) is 0.402. The number of nitrogens with one attached hydrogen (secondary N) is 2. The van der Waals surface area contributed by atoms with E-state index in [0.29, 0.717) is 12.5 Å². The lowest BCUT2D eigenvalue weighted by molar-refractivity contribution is 0.559. The molecule has 0 aliphatic heterocycles. The predicted molar refractivity (Wildman–Crippen MR) is 90.5 cm³/mol. The minimum absolute atomic E-state index is 0.115. The summed E-state index contributed by atoms with van der Waals surface area (Å²) in [4.78, 5) is 4.08. The van der Waals surface area contributed by atoms with Crippen LogP contribution < -0.4 is 10.6 Å². The smallest absolute Gasteiger partial charge is 0.191 e. The molecular formula is C13H29N3O2S2. The molecule has 0 unspecified atom stereocenters. The normalized spacial score (nSPS) is 13.3. The molecule has 0 bridgehead atoms. The number of aliphatic imine (C=N–C) groups is 1. The number of sulfone groups is 1. The molecule has 0 spiro atoms. The Bertz CT molecular complexity index is 387. The van der Waals surface area contributed by atoms with Crippen molar-refractivity contribution in [1.29, 1.82) is 0 Å². The van der Waals surface area contributed by atoms with E-state index in [1.165, 1.54) is 6.42 Å². The third-order valence-electron chi connectivity index (χ3n) is 2.89. The molecule has 0 saturated carbocycles. The first-order valence-electron chi connectivity index (χ1n) is 6.90. The Morgan fingerprint density at radius 2 is 1.75 bits per heavy atom. The molecule has 0 aliphatic rings. The Labute approximate surface area is 128 Å². The van der Waals surface area contributed by atoms with E-state index in [0.717, 1.165) is 18.7 Å². The summed E-state index contributed by atoms with van der Waals surface area (Å²) in [5, 5.41) is 6.23. The molecule has 0 amide bonds. The Kier molecular flexibility index (Phi) is 9.29. The van der Waals surface area contributed by atoms with Crippen molar-refractivity contribution in [2.45, 2.75) is 38.4 Å². The van der Waals surface area contributed by atoms with Gasteiger partial charge in [0.1, 0.15) is 0 Å². The Morgan fingerprint density at radius 1 is 1.15 bits per heavy atom. The molecule has 0 saturated heterocycles. The summed E-state index contributed by atoms with van der Waals surface area (Å²) in [7, 11) is -1.39. The highest BCUT2D eigenvalue weighted by atomic mass is 32.2. The molecule has 5 nitrogen and oxygen atoms in total. The summed E-state index contributed by atoms with van der Waals surface area (Å²) in [5.41, 5.74) is 0. The average molecular weight is 324 g/mol. The van der Waals surface area contributed by atoms with Gasteiger partial charge in [0.25, 0.3) is 0 Å². The minimum atomic E-state index is -3.08. The zero-order valence-electron chi connectivity index (χ0n) is 13.3. The van der Waals surface area contributed by atoms with Crippen molar-refractivity contribution in [1.82, 2.24) is 10.6 Å². The van der Waals surface area contributed by atoms with Crippen molar-refractivity contribution in [2.75, 3.05) is 37.9 Å². The molecule has 120 valence electrons. The van der Waals surface area contributed by atoms with Crippen LogP contribution in [0.25, 0.3) is 0 Å². The predicted octanol–water partition coefficient (Wildman–Crippen LogP) is 1.51. The molecule has 0 radical (unpaired) electrons. The van der Waals surface area contributed by atoms with E-state index in [1.807, 2.05) is 11.8 Å². The van der Waals surface area contributed by atoms with E-state index in [4.69, 9.17) is 0 Å². The number of rotatable bonds is 8. The van der Waals surface area contributed by atoms with Crippen LogP contribution in [0.4, 0.5) is 0 Å². The van der Waals surface area contributed by atoms with Gasteiger partial charge in [-0.05, 0) is 45.6 Å². The Morgan fingerprint density at radius 3 is 2.25 bits per heavy atom. The second-order valence-corrected chi connectivity index (χ2v) is 9.41. The van der Waals surface area contributed by atoms with Crippen molar-refractivity contribution in [3.8, 4) is 0 Å². The summed E-state index contributed by atoms with van der Waals surface area (Å²) in [6.07, 6.45) is 4.36. The average Bonchev–Trinajstić information content (AvgIpc) is 2.35. The number of thioether (sulfide) groups is 1. The summed E-state index contributed by atoms with van der Waals surface area (Å²) in [6, 6.07) is 0. The highest BCUT2D eigenvalue weighted by molar-refractivity contribution is 7.98. The standard InChI is InChI=1S/C13H29N3O2S2/c1-13(2,3)20(17,18)11-9-16-12(14-4)15-8-6-7-10-19-5/h6-11H2,1-5H3,(H2,14,15,16). The highest BCUT2D eigenvalue weighted by Crippen LogP contribution is 2.15. The zero-order valence-corrected chi connectivity index (χ0v) is 15.0. The number of guanidine groups is 1. The first kappa shape index (κ1) is 19.6. The van der Waals surface area contributed by atoms with Crippen LogP contribution in [0.3, 0.4) is 0 Å². The number of hydrogen-bond donors (Lipinski definition) is 2. The molecule has 0 fully saturated rings. The fourth-order valence-electron chi connectivity index (χ4n) is 1.41. The molecule has 0 aromatic rings. The van der Waals surface area contributed by atoms with Crippen LogP contribution in [0.1, 0.15) is 33.6 Å². The molecule has 0 rings (SSSR count). The van der Waals surface area contributed by atoms with Crippen molar-refractivity contribution in [3.63, 3.8) is 0 Å². The second-order valence-electron chi connectivity index (χ2n) is 5.56. The SMILES string of the molecule is CN=C(NCCCCSC)NCCS(=O)(=O)C(C)(C)C. The fraction of sp³-hybridized carbons (Fsp3) is 0.923. The van der Waals surface area contributed by atoms with E-state index in [9.17, 15) is 8.42 Å². The van der Waals surface area contributed by atoms with Gasteiger partial charge < -0.3 is 10.6 Å². The van der Waals surface area contributed by atoms with Crippen LogP contribution in [0.2, 0.25) is 0 Å². The van der Waals surface area contributed by atoms with Gasteiger partial charge in [-0.2, -0.15) is 11.8 Å². The first-order valence-corrected chi connectivity index (χ1v) is 9.95. The highest BCUT2D eigenvalue weighted by Gasteiger charge is 2.28. The zero-order chi connectivity index (χ0) is 15.6. The summed E-state index contributed by atoms with van der Waals surface area (Å²) < 4.78 is 23.2. The topological polar surface area (TPSA) is 70.6 Å². The van der Waals surface area contributed by atoms with Gasteiger partial charge >= 0.3 is 0 Å². The molecule has 2 N–H and O–H groups in total. The van der Waals surface area contributed by atoms with E-state index < -0.39 is 14.6 Å². The maximum atomic E-state index is 12.0. The Balaban J connectivity index is 3.98. The van der Waals surface area contributed by atoms with Crippen LogP contribution >= 0.6 is 11.8 Å². The van der Waals surface area contributed by atoms with Crippen LogP contribution in [-0.2, 0) is 9.84 Å². The molecule has 0 heterocycles. The Hall–Kier alpha value is -0.430. The van der Waals surface area contributed by atoms with Crippen LogP contribution in [0.5, 0.6) is 0 Å². The summed E-state index contributed by atoms with van der Waals surface area (Å²) >= 11 is 1.84. The van der Waals surface area contributed by atoms with Crippen LogP contribution in [0.15, 0.2) is 4.99 Å². The van der Waals surface area contributed by atoms with Gasteiger partial charge in [-0.3, -0.25) is 4.99 Å². The monoisotopic (exact) mass is 323 g/mol. The number of unbranched alkanes of at least 4 members (excludes halogenated alkanes) is 1. The molecular weight excluding hydrogens is 294 g/mol. The van der Waals surface area contributed by atoms with Crippen LogP contribution in [0, 0.1) is 0 Å². The lowest BCUT2D eigenvalue weighted by Gasteiger charge is -2.19. The van der Waals surface area contributed by atoms with Gasteiger partial charge in [0.2, 0.25) is 0 Å². The van der Waals surface area contributed by atoms with Gasteiger partial charge in [-0.1, -0.05) is 0 Å². The van der Waals surface area contributed by atoms with E-state index in [2.05, 4.69) is 21.9 Å². The molecule has 0 atom stereocenters. The molecule has 7 heteroatoms. The number of nitrogens with zero attached hydrogens (tertiary/aromatic N) is 1. The van der Waals surface area contributed by atoms with Gasteiger partial charge in [0, 0.05) is 20.1 Å². The maximum absolute atomic E-state index is 12.0. The van der Waals surface area contributed by atoms with Crippen molar-refractivity contribution < 1.29 is 8.42 Å². The van der Waals surface area contributed by atoms with Gasteiger partial charge in [-0.25, -0.2) is 8.42 Å². The van der Waals surface area contributed by atoms with Crippen LogP contribution in [-0.4, -0.2) is 57.0 Å². The molecule has 0 aromatic heterocycles. The largest absolute Gasteiger partial charge is 0.356 e. The summed E-state index contributed by atoms with van der Waals surface area (Å²) in [5.74, 6) is 1.94. The third-order valence-corrected chi connectivity index (χ3v) is 6.19. The fourth-order valence-corrected chi connectivity index (χ4v) is 2.88. The summed E-state index contributed by atoms with van der Waals surface area (Å²) in [6.45, 7) is 6.40. The van der Waals surface area contributed by atoms with Crippen molar-refractivity contribution in [2.24, 2.45) is 4.99 Å². The lowest BCUT2D eigenvalue weighted by Crippen LogP contribution is -2.42. The lowest BCUT2D eigenvalue weighted by atomic mass is 10.3. The van der Waals surface area contributed by atoms with E-state index in [-0.39, 0.29) is 5.75 Å². The first-order chi connectivity index (χ1) is 9.24. The second kappa shape index (κ2) is 9.50. The molecule has 0 aromatic carbocycles. The van der Waals surface area contributed by atoms with E-state index >= 15 is 0 Å². The molecule has 0 aliphatic carbocycles.